The average molecular weight is 526 g/mol. The quantitative estimate of drug-likeness (QED) is 0.183. The van der Waals surface area contributed by atoms with E-state index in [0.29, 0.717) is 39.1 Å². The van der Waals surface area contributed by atoms with Gasteiger partial charge in [0.1, 0.15) is 0 Å². The molecule has 1 saturated heterocycles. The van der Waals surface area contributed by atoms with E-state index in [4.69, 9.17) is 0 Å². The molecule has 1 unspecified atom stereocenters. The largest absolute Gasteiger partial charge is 0.480 e. The third-order valence-corrected chi connectivity index (χ3v) is 6.35. The van der Waals surface area contributed by atoms with E-state index < -0.39 is 24.2 Å². The second-order valence-electron chi connectivity index (χ2n) is 9.25. The van der Waals surface area contributed by atoms with Crippen molar-refractivity contribution in [2.45, 2.75) is 18.8 Å². The molecule has 0 saturated carbocycles. The fraction of sp³-hybridized carbons (Fsp3) is 0.625. The predicted octanol–water partition coefficient (Wildman–Crippen LogP) is -1.57. The Morgan fingerprint density at radius 3 is 1.76 bits per heavy atom. The van der Waals surface area contributed by atoms with Crippen LogP contribution in [0.5, 0.6) is 0 Å². The second-order valence-corrected chi connectivity index (χ2v) is 9.25. The first-order chi connectivity index (χ1) is 17.5. The molecule has 0 aromatic heterocycles. The molecule has 37 heavy (non-hydrogen) atoms. The lowest BCUT2D eigenvalue weighted by Crippen LogP contribution is -2.53. The molecule has 0 amide bonds. The number of nitrogens with zero attached hydrogens (tertiary/aromatic N) is 4. The van der Waals surface area contributed by atoms with Crippen LogP contribution in [0.1, 0.15) is 5.56 Å². The number of rotatable bonds is 11. The first-order valence-corrected chi connectivity index (χ1v) is 12.2. The zero-order valence-corrected chi connectivity index (χ0v) is 21.2. The number of aliphatic hydroxyl groups is 2. The van der Waals surface area contributed by atoms with Gasteiger partial charge in [-0.25, -0.2) is 0 Å². The third kappa shape index (κ3) is 11.9. The Morgan fingerprint density at radius 1 is 0.811 bits per heavy atom. The summed E-state index contributed by atoms with van der Waals surface area (Å²) in [7, 11) is 1.81. The molecule has 13 heteroatoms. The molecular weight excluding hydrogens is 486 g/mol. The molecule has 1 aromatic rings. The lowest BCUT2D eigenvalue weighted by atomic mass is 10.0. The van der Waals surface area contributed by atoms with Crippen molar-refractivity contribution in [1.29, 1.82) is 0 Å². The molecule has 6 N–H and O–H groups in total. The van der Waals surface area contributed by atoms with Crippen LogP contribution in [-0.4, -0.2) is 154 Å². The van der Waals surface area contributed by atoms with Gasteiger partial charge in [-0.3, -0.25) is 34.0 Å². The predicted molar refractivity (Wildman–Crippen MR) is 136 cm³/mol. The molecule has 1 fully saturated rings. The van der Waals surface area contributed by atoms with E-state index in [1.54, 1.807) is 19.6 Å². The van der Waals surface area contributed by atoms with Gasteiger partial charge in [0.25, 0.3) is 0 Å². The highest BCUT2D eigenvalue weighted by Gasteiger charge is 2.27. The van der Waals surface area contributed by atoms with E-state index in [9.17, 15) is 39.9 Å². The van der Waals surface area contributed by atoms with Gasteiger partial charge in [-0.05, 0) is 24.1 Å². The first kappa shape index (κ1) is 30.4. The number of benzene rings is 1. The number of carboxylic acids is 3. The minimum atomic E-state index is -1.62. The minimum Gasteiger partial charge on any atom is -0.480 e. The zero-order valence-electron chi connectivity index (χ0n) is 21.2. The summed E-state index contributed by atoms with van der Waals surface area (Å²) in [6.07, 6.45) is -1.14. The number of nitrogens with one attached hydrogen (secondary N) is 1. The molecule has 0 radical (unpaired) electrons. The molecule has 208 valence electrons. The summed E-state index contributed by atoms with van der Waals surface area (Å²) in [6.45, 7) is 1.24. The molecule has 1 atom stereocenters. The van der Waals surface area contributed by atoms with Crippen LogP contribution in [0.2, 0.25) is 0 Å². The Balaban J connectivity index is 2.38. The fourth-order valence-corrected chi connectivity index (χ4v) is 4.50. The van der Waals surface area contributed by atoms with Gasteiger partial charge in [0.2, 0.25) is 0 Å². The Labute approximate surface area is 216 Å². The number of carbonyl (C=O) groups is 3. The van der Waals surface area contributed by atoms with Gasteiger partial charge in [-0.1, -0.05) is 12.1 Å². The van der Waals surface area contributed by atoms with Crippen LogP contribution in [0.25, 0.3) is 0 Å². The lowest BCUT2D eigenvalue weighted by Gasteiger charge is -2.38. The van der Waals surface area contributed by atoms with E-state index in [2.05, 4.69) is 5.32 Å². The van der Waals surface area contributed by atoms with Crippen LogP contribution >= 0.6 is 0 Å². The number of anilines is 1. The summed E-state index contributed by atoms with van der Waals surface area (Å²) in [5.41, 5.74) is 1.89. The standard InChI is InChI=1S/C24H39N5O8/c1-25-19-4-2-18(3-5-19)12-20-13-28(16-23(34)35)9-8-26(14-21(30)31)6-7-27(15-22(32)33)10-11-29(20)17-24(36)37/h2-5,20,23,25,34-35H,6-17H2,1H3,(H,30,31)(H,32,33)(H,36,37). The normalized spacial score (nSPS) is 19.7. The monoisotopic (exact) mass is 525 g/mol. The molecule has 1 aliphatic rings. The number of carboxylic acid groups (broad SMARTS) is 3. The number of β-amino-alcohol motifs (C(OH)–C–C–N with tert-alkyl or cyclic N) is 2. The topological polar surface area (TPSA) is 177 Å². The molecule has 1 heterocycles. The van der Waals surface area contributed by atoms with Gasteiger partial charge < -0.3 is 30.8 Å². The van der Waals surface area contributed by atoms with E-state index >= 15 is 0 Å². The maximum atomic E-state index is 11.8. The molecule has 1 aliphatic heterocycles. The molecule has 2 rings (SSSR count). The maximum Gasteiger partial charge on any atom is 0.317 e. The molecule has 1 aromatic carbocycles. The summed E-state index contributed by atoms with van der Waals surface area (Å²) < 4.78 is 0. The Bertz CT molecular complexity index is 869. The first-order valence-electron chi connectivity index (χ1n) is 12.2. The van der Waals surface area contributed by atoms with Crippen LogP contribution in [0.3, 0.4) is 0 Å². The molecule has 0 bridgehead atoms. The van der Waals surface area contributed by atoms with Gasteiger partial charge in [0.05, 0.1) is 19.6 Å². The highest BCUT2D eigenvalue weighted by atomic mass is 16.5. The summed E-state index contributed by atoms with van der Waals surface area (Å²) in [5, 5.41) is 50.8. The molecule has 0 aliphatic carbocycles. The Hall–Kier alpha value is -2.81. The average Bonchev–Trinajstić information content (AvgIpc) is 2.81. The van der Waals surface area contributed by atoms with Crippen LogP contribution in [-0.2, 0) is 20.8 Å². The van der Waals surface area contributed by atoms with Crippen molar-refractivity contribution in [3.05, 3.63) is 29.8 Å². The van der Waals surface area contributed by atoms with E-state index in [1.807, 2.05) is 31.3 Å². The van der Waals surface area contributed by atoms with Crippen molar-refractivity contribution in [1.82, 2.24) is 19.6 Å². The van der Waals surface area contributed by atoms with Gasteiger partial charge in [0, 0.05) is 71.1 Å². The van der Waals surface area contributed by atoms with E-state index in [0.717, 1.165) is 11.3 Å². The van der Waals surface area contributed by atoms with Crippen molar-refractivity contribution in [2.75, 3.05) is 84.4 Å². The molecular formula is C24H39N5O8. The summed E-state index contributed by atoms with van der Waals surface area (Å²) in [5.74, 6) is -3.05. The van der Waals surface area contributed by atoms with Gasteiger partial charge in [-0.2, -0.15) is 0 Å². The van der Waals surface area contributed by atoms with Crippen molar-refractivity contribution in [3.63, 3.8) is 0 Å². The van der Waals surface area contributed by atoms with Crippen molar-refractivity contribution in [2.24, 2.45) is 0 Å². The van der Waals surface area contributed by atoms with Gasteiger partial charge >= 0.3 is 17.9 Å². The van der Waals surface area contributed by atoms with Gasteiger partial charge in [-0.15, -0.1) is 0 Å². The second kappa shape index (κ2) is 15.4. The van der Waals surface area contributed by atoms with Crippen LogP contribution in [0.4, 0.5) is 5.69 Å². The zero-order chi connectivity index (χ0) is 27.4. The minimum absolute atomic E-state index is 0.0812. The maximum absolute atomic E-state index is 11.8. The smallest absolute Gasteiger partial charge is 0.317 e. The van der Waals surface area contributed by atoms with Crippen LogP contribution < -0.4 is 5.32 Å². The fourth-order valence-electron chi connectivity index (χ4n) is 4.50. The Morgan fingerprint density at radius 2 is 1.30 bits per heavy atom. The highest BCUT2D eigenvalue weighted by molar-refractivity contribution is 5.70. The van der Waals surface area contributed by atoms with Crippen molar-refractivity contribution >= 4 is 23.6 Å². The Kier molecular flexibility index (Phi) is 12.7. The summed E-state index contributed by atoms with van der Waals surface area (Å²) in [4.78, 5) is 41.6. The SMILES string of the molecule is CNc1ccc(CC2CN(CC(O)O)CCN(CC(=O)O)CCN(CC(=O)O)CCN2CC(=O)O)cc1. The summed E-state index contributed by atoms with van der Waals surface area (Å²) >= 11 is 0. The van der Waals surface area contributed by atoms with E-state index in [1.165, 1.54) is 0 Å². The van der Waals surface area contributed by atoms with Crippen molar-refractivity contribution < 1.29 is 39.9 Å². The van der Waals surface area contributed by atoms with Crippen LogP contribution in [0, 0.1) is 0 Å². The number of hydrogen-bond acceptors (Lipinski definition) is 10. The van der Waals surface area contributed by atoms with Crippen LogP contribution in [0.15, 0.2) is 24.3 Å². The molecule has 13 nitrogen and oxygen atoms in total. The van der Waals surface area contributed by atoms with E-state index in [-0.39, 0.29) is 45.3 Å². The van der Waals surface area contributed by atoms with Gasteiger partial charge in [0.15, 0.2) is 6.29 Å². The number of aliphatic carboxylic acids is 3. The lowest BCUT2D eigenvalue weighted by molar-refractivity contribution is -0.141. The number of hydrogen-bond donors (Lipinski definition) is 6. The summed E-state index contributed by atoms with van der Waals surface area (Å²) in [6, 6.07) is 7.38. The number of aliphatic hydroxyl groups excluding tert-OH is 1. The molecule has 0 spiro atoms. The highest BCUT2D eigenvalue weighted by Crippen LogP contribution is 2.15. The third-order valence-electron chi connectivity index (χ3n) is 6.35. The van der Waals surface area contributed by atoms with Crippen molar-refractivity contribution in [3.8, 4) is 0 Å².